The fraction of sp³-hybridized carbons (Fsp3) is 0.465. The number of phenols is 1. The van der Waals surface area contributed by atoms with E-state index in [9.17, 15) is 24.3 Å². The van der Waals surface area contributed by atoms with Crippen molar-refractivity contribution in [3.05, 3.63) is 227 Å². The lowest BCUT2D eigenvalue weighted by Gasteiger charge is -2.45. The predicted molar refractivity (Wildman–Crippen MR) is 486 cm³/mol. The molecule has 5 N–H and O–H groups in total. The summed E-state index contributed by atoms with van der Waals surface area (Å²) < 4.78 is 35.4. The van der Waals surface area contributed by atoms with Gasteiger partial charge in [-0.1, -0.05) is 36.4 Å². The Kier molecular flexibility index (Phi) is 29.1. The zero-order chi connectivity index (χ0) is 85.8. The molecule has 8 aromatic rings. The van der Waals surface area contributed by atoms with Gasteiger partial charge in [0, 0.05) is 121 Å². The lowest BCUT2D eigenvalue weighted by Crippen LogP contribution is -2.46. The van der Waals surface area contributed by atoms with Gasteiger partial charge < -0.3 is 74.4 Å². The highest BCUT2D eigenvalue weighted by atomic mass is 32.1. The van der Waals surface area contributed by atoms with Gasteiger partial charge in [0.25, 0.3) is 23.6 Å². The van der Waals surface area contributed by atoms with Gasteiger partial charge in [0.05, 0.1) is 49.3 Å². The van der Waals surface area contributed by atoms with E-state index in [2.05, 4.69) is 121 Å². The van der Waals surface area contributed by atoms with Crippen LogP contribution in [0.3, 0.4) is 0 Å². The molecular weight excluding hydrogens is 1560 g/mol. The van der Waals surface area contributed by atoms with Gasteiger partial charge in [0.15, 0.2) is 0 Å². The average Bonchev–Trinajstić information content (AvgIpc) is 1.72. The first-order valence-electron chi connectivity index (χ1n) is 43.8. The molecule has 22 heteroatoms. The molecule has 4 fully saturated rings. The number of carbonyl (C=O) groups is 4. The van der Waals surface area contributed by atoms with E-state index < -0.39 is 0 Å². The Hall–Kier alpha value is -9.81. The molecule has 121 heavy (non-hydrogen) atoms. The fourth-order valence-corrected chi connectivity index (χ4v) is 21.0. The van der Waals surface area contributed by atoms with Crippen molar-refractivity contribution >= 4 is 63.0 Å². The van der Waals surface area contributed by atoms with Crippen LogP contribution in [0, 0.1) is 10.8 Å². The number of fused-ring (bicyclic) bond motifs is 4. The Morgan fingerprint density at radius 1 is 0.488 bits per heavy atom. The number of allylic oxidation sites excluding steroid dienone is 1. The average molecular weight is 1680 g/mol. The fourth-order valence-electron chi connectivity index (χ4n) is 19.1. The number of phenolic OH excluding ortho intramolecular Hbond substituents is 1. The number of carbonyl (C=O) groups excluding carboxylic acids is 4. The number of piperidine rings is 4. The number of aromatic hydroxyl groups is 1. The molecule has 5 aromatic carbocycles. The Bertz CT molecular complexity index is 5040. The number of nitrogens with zero attached hydrogens (tertiary/aromatic N) is 5. The van der Waals surface area contributed by atoms with Crippen LogP contribution in [-0.2, 0) is 12.8 Å². The van der Waals surface area contributed by atoms with Gasteiger partial charge in [-0.2, -0.15) is 0 Å². The van der Waals surface area contributed by atoms with Crippen molar-refractivity contribution in [3.63, 3.8) is 0 Å². The second-order valence-electron chi connectivity index (χ2n) is 33.6. The Balaban J connectivity index is 0.000000139. The molecule has 2 aliphatic carbocycles. The Morgan fingerprint density at radius 2 is 0.975 bits per heavy atom. The maximum Gasteiger partial charge on any atom is 0.272 e. The summed E-state index contributed by atoms with van der Waals surface area (Å²) in [6.45, 7) is 32.2. The van der Waals surface area contributed by atoms with E-state index >= 15 is 0 Å². The summed E-state index contributed by atoms with van der Waals surface area (Å²) in [6, 6.07) is 42.4. The van der Waals surface area contributed by atoms with E-state index in [4.69, 9.17) is 28.4 Å². The van der Waals surface area contributed by atoms with Crippen LogP contribution in [0.15, 0.2) is 152 Å². The maximum atomic E-state index is 13.2. The normalized spacial score (nSPS) is 17.9. The number of aromatic nitrogens is 1. The number of thiophene rings is 2. The highest BCUT2D eigenvalue weighted by Gasteiger charge is 2.44. The molecule has 6 aliphatic heterocycles. The molecular formula is C99H125N9O11S2. The molecule has 0 radical (unpaired) electrons. The van der Waals surface area contributed by atoms with Crippen molar-refractivity contribution in [2.24, 2.45) is 10.8 Å². The Morgan fingerprint density at radius 3 is 1.46 bits per heavy atom. The molecule has 4 saturated heterocycles. The SMILES string of the molecule is CCN(CC)C(=O)c1ccc(C2=CC3(CCNCC3)Cc3ccc(OC)cc32)c(O)c1.CCN(CC)C(=O)c1ccc(C2=CC3(CCNCC3)Oc3cccc(OC)c32)s1.CCN(CC)C(=O)c1ccc(C2CC3(CCNCC3)Cc3ccc(OC)cc32)cn1.COc1cccc2c1C(c1ccc(C(=O)N(C(C)C)C(C)C)s1)=CC1(CCNCC1)O2. The second-order valence-corrected chi connectivity index (χ2v) is 35.8. The van der Waals surface area contributed by atoms with Gasteiger partial charge in [0.2, 0.25) is 0 Å². The lowest BCUT2D eigenvalue weighted by atomic mass is 9.62. The molecule has 3 aromatic heterocycles. The van der Waals surface area contributed by atoms with E-state index in [0.717, 1.165) is 203 Å². The highest BCUT2D eigenvalue weighted by Crippen LogP contribution is 2.54. The van der Waals surface area contributed by atoms with Crippen molar-refractivity contribution in [2.75, 3.05) is 120 Å². The predicted octanol–water partition coefficient (Wildman–Crippen LogP) is 17.4. The maximum absolute atomic E-state index is 13.2. The van der Waals surface area contributed by atoms with Crippen LogP contribution in [0.5, 0.6) is 40.2 Å². The van der Waals surface area contributed by atoms with Crippen LogP contribution in [0.2, 0.25) is 0 Å². The molecule has 4 spiro atoms. The summed E-state index contributed by atoms with van der Waals surface area (Å²) in [6.07, 6.45) is 20.3. The van der Waals surface area contributed by atoms with Crippen molar-refractivity contribution in [1.29, 1.82) is 0 Å². The zero-order valence-corrected chi connectivity index (χ0v) is 75.1. The number of pyridine rings is 1. The number of benzene rings is 5. The third kappa shape index (κ3) is 19.5. The van der Waals surface area contributed by atoms with E-state index in [0.29, 0.717) is 55.9 Å². The molecule has 0 bridgehead atoms. The summed E-state index contributed by atoms with van der Waals surface area (Å²) in [7, 11) is 6.77. The smallest absolute Gasteiger partial charge is 0.272 e. The summed E-state index contributed by atoms with van der Waals surface area (Å²) in [5.74, 6) is 5.56. The van der Waals surface area contributed by atoms with Gasteiger partial charge in [-0.15, -0.1) is 22.7 Å². The first-order chi connectivity index (χ1) is 58.5. The van der Waals surface area contributed by atoms with Crippen LogP contribution in [0.1, 0.15) is 227 Å². The lowest BCUT2D eigenvalue weighted by molar-refractivity contribution is 0.0647. The summed E-state index contributed by atoms with van der Waals surface area (Å²) >= 11 is 3.10. The Labute approximate surface area is 724 Å². The number of ether oxygens (including phenoxy) is 6. The van der Waals surface area contributed by atoms with Crippen molar-refractivity contribution in [2.45, 2.75) is 169 Å². The third-order valence-electron chi connectivity index (χ3n) is 25.7. The van der Waals surface area contributed by atoms with Gasteiger partial charge in [-0.05, 0) is 320 Å². The van der Waals surface area contributed by atoms with Crippen molar-refractivity contribution in [3.8, 4) is 40.2 Å². The monoisotopic (exact) mass is 1680 g/mol. The van der Waals surface area contributed by atoms with E-state index in [1.165, 1.54) is 35.1 Å². The second kappa shape index (κ2) is 39.6. The third-order valence-corrected chi connectivity index (χ3v) is 27.9. The van der Waals surface area contributed by atoms with Gasteiger partial charge >= 0.3 is 0 Å². The number of hydrogen-bond acceptors (Lipinski definition) is 18. The standard InChI is InChI=1S/C26H32N2O3.C25H33N3O2.C25H32N2O3S.C23H28N2O3S/c1-4-28(5-2)25(30)18-7-9-21(24(29)14-18)23-17-26(10-12-27-13-11-26)16-19-6-8-20(31-3)15-22(19)23;1-4-28(5-2)24(29)23-9-7-19(17-27-23)22-16-25(10-12-26-13-11-25)15-18-6-8-20(30-3)14-21(18)22;1-16(2)27(17(3)4)24(28)22-10-9-21(31-22)18-15-25(11-13-26-14-12-25)30-20-8-6-7-19(29-5)23(18)20;1-4-25(5-2)22(26)20-10-9-19(29-20)16-15-23(11-13-24-14-12-23)28-18-8-6-7-17(27-3)21(16)18/h6-9,14-15,17,27,29H,4-5,10-13,16H2,1-3H3;6-9,14,17,22,26H,4-5,10-13,15-16H2,1-3H3;6-10,15-17,26H,11-14H2,1-5H3;6-10,15,24H,4-5,11-14H2,1-3H3. The minimum Gasteiger partial charge on any atom is -0.507 e. The van der Waals surface area contributed by atoms with Gasteiger partial charge in [0.1, 0.15) is 57.1 Å². The van der Waals surface area contributed by atoms with Crippen LogP contribution in [-0.4, -0.2) is 197 Å². The molecule has 9 heterocycles. The number of hydrogen-bond donors (Lipinski definition) is 5. The number of amides is 4. The topological polar surface area (TPSA) is 218 Å². The first-order valence-corrected chi connectivity index (χ1v) is 45.5. The quantitative estimate of drug-likeness (QED) is 0.0479. The number of methoxy groups -OCH3 is 4. The van der Waals surface area contributed by atoms with E-state index in [-0.39, 0.29) is 64.0 Å². The molecule has 1 atom stereocenters. The van der Waals surface area contributed by atoms with Crippen LogP contribution in [0.4, 0.5) is 0 Å². The molecule has 4 amide bonds. The summed E-state index contributed by atoms with van der Waals surface area (Å²) in [4.78, 5) is 67.1. The molecule has 0 saturated carbocycles. The zero-order valence-electron chi connectivity index (χ0n) is 73.4. The van der Waals surface area contributed by atoms with Crippen molar-refractivity contribution < 1.29 is 52.7 Å². The molecule has 20 nitrogen and oxygen atoms in total. The number of nitrogens with one attached hydrogen (secondary N) is 4. The largest absolute Gasteiger partial charge is 0.507 e. The summed E-state index contributed by atoms with van der Waals surface area (Å²) in [5, 5.41) is 24.8. The first kappa shape index (κ1) is 89.0. The highest BCUT2D eigenvalue weighted by molar-refractivity contribution is 7.15. The molecule has 8 aliphatic rings. The van der Waals surface area contributed by atoms with Crippen LogP contribution in [0.25, 0.3) is 16.7 Å². The van der Waals surface area contributed by atoms with Crippen LogP contribution >= 0.6 is 22.7 Å². The summed E-state index contributed by atoms with van der Waals surface area (Å²) in [5.41, 5.74) is 13.1. The minimum atomic E-state index is -0.323. The van der Waals surface area contributed by atoms with E-state index in [1.54, 1.807) is 62.1 Å². The number of rotatable bonds is 20. The van der Waals surface area contributed by atoms with Crippen LogP contribution < -0.4 is 49.7 Å². The van der Waals surface area contributed by atoms with E-state index in [1.807, 2.05) is 135 Å². The molecule has 16 rings (SSSR count). The van der Waals surface area contributed by atoms with Gasteiger partial charge in [-0.3, -0.25) is 24.2 Å². The molecule has 644 valence electrons. The molecule has 1 unspecified atom stereocenters. The minimum absolute atomic E-state index is 0.00656. The van der Waals surface area contributed by atoms with Crippen molar-refractivity contribution in [1.82, 2.24) is 45.9 Å². The van der Waals surface area contributed by atoms with Gasteiger partial charge in [-0.25, -0.2) is 0 Å².